The van der Waals surface area contributed by atoms with E-state index in [-0.39, 0.29) is 11.1 Å². The van der Waals surface area contributed by atoms with E-state index in [0.717, 1.165) is 0 Å². The van der Waals surface area contributed by atoms with Gasteiger partial charge in [-0.05, 0) is 45.4 Å². The predicted octanol–water partition coefficient (Wildman–Crippen LogP) is 2.13. The third-order valence-corrected chi connectivity index (χ3v) is 3.73. The quantitative estimate of drug-likeness (QED) is 0.651. The van der Waals surface area contributed by atoms with Crippen LogP contribution in [-0.4, -0.2) is 54.7 Å². The van der Waals surface area contributed by atoms with Gasteiger partial charge in [0.25, 0.3) is 0 Å². The van der Waals surface area contributed by atoms with Crippen molar-refractivity contribution < 1.29 is 23.9 Å². The monoisotopic (exact) mass is 348 g/mol. The maximum Gasteiger partial charge on any atom is 0.417 e. The molecule has 1 aliphatic rings. The Balaban J connectivity index is 2.13. The molecule has 1 aromatic rings. The second-order valence-corrected chi connectivity index (χ2v) is 6.87. The first-order valence-corrected chi connectivity index (χ1v) is 8.24. The first-order chi connectivity index (χ1) is 11.7. The maximum atomic E-state index is 12.3. The molecule has 0 radical (unpaired) electrons. The van der Waals surface area contributed by atoms with Crippen molar-refractivity contribution in [1.29, 1.82) is 0 Å². The molecule has 2 rings (SSSR count). The largest absolute Gasteiger partial charge is 0.456 e. The fourth-order valence-electron chi connectivity index (χ4n) is 2.46. The Bertz CT molecular complexity index is 673. The number of hydrogen-bond donors (Lipinski definition) is 1. The Labute approximate surface area is 147 Å². The van der Waals surface area contributed by atoms with Crippen LogP contribution in [0.4, 0.5) is 4.79 Å². The average molecular weight is 348 g/mol. The van der Waals surface area contributed by atoms with Gasteiger partial charge in [0.05, 0.1) is 11.1 Å². The van der Waals surface area contributed by atoms with Gasteiger partial charge in [0.1, 0.15) is 5.60 Å². The molecule has 1 aromatic carbocycles. The van der Waals surface area contributed by atoms with Gasteiger partial charge in [-0.25, -0.2) is 14.4 Å². The van der Waals surface area contributed by atoms with Gasteiger partial charge in [-0.2, -0.15) is 0 Å². The molecule has 7 heteroatoms. The fourth-order valence-corrected chi connectivity index (χ4v) is 2.46. The highest BCUT2D eigenvalue weighted by atomic mass is 16.6. The molecule has 0 bridgehead atoms. The lowest BCUT2D eigenvalue weighted by molar-refractivity contribution is 0.00687. The van der Waals surface area contributed by atoms with Gasteiger partial charge in [-0.1, -0.05) is 6.07 Å². The number of piperazine rings is 1. The lowest BCUT2D eigenvalue weighted by Gasteiger charge is -2.26. The number of benzene rings is 1. The summed E-state index contributed by atoms with van der Waals surface area (Å²) < 4.78 is 10.3. The normalized spacial score (nSPS) is 14.8. The number of carbonyl (C=O) groups excluding carboxylic acids is 3. The molecule has 0 unspecified atom stereocenters. The minimum atomic E-state index is -0.772. The lowest BCUT2D eigenvalue weighted by Crippen LogP contribution is -2.47. The Hall–Kier alpha value is -2.41. The van der Waals surface area contributed by atoms with Gasteiger partial charge < -0.3 is 19.7 Å². The standard InChI is InChI=1S/C18H24N2O5/c1-12-13(6-5-7-14(12)16(22)25-18(2,3)4)15(21)24-17(23)20-10-8-19-9-11-20/h5-7,19H,8-11H2,1-4H3. The van der Waals surface area contributed by atoms with Crippen molar-refractivity contribution in [2.45, 2.75) is 33.3 Å². The van der Waals surface area contributed by atoms with E-state index in [1.807, 2.05) is 0 Å². The van der Waals surface area contributed by atoms with Crippen LogP contribution in [0.3, 0.4) is 0 Å². The fraction of sp³-hybridized carbons (Fsp3) is 0.500. The van der Waals surface area contributed by atoms with Crippen molar-refractivity contribution in [2.75, 3.05) is 26.2 Å². The van der Waals surface area contributed by atoms with Gasteiger partial charge in [-0.15, -0.1) is 0 Å². The molecular weight excluding hydrogens is 324 g/mol. The third kappa shape index (κ3) is 5.03. The van der Waals surface area contributed by atoms with Crippen LogP contribution in [-0.2, 0) is 9.47 Å². The van der Waals surface area contributed by atoms with E-state index >= 15 is 0 Å². The van der Waals surface area contributed by atoms with E-state index in [9.17, 15) is 14.4 Å². The molecule has 0 aliphatic carbocycles. The van der Waals surface area contributed by atoms with Crippen molar-refractivity contribution >= 4 is 18.0 Å². The van der Waals surface area contributed by atoms with Crippen LogP contribution in [0.15, 0.2) is 18.2 Å². The summed E-state index contributed by atoms with van der Waals surface area (Å²) in [6, 6.07) is 4.67. The Morgan fingerprint density at radius 1 is 1.04 bits per heavy atom. The van der Waals surface area contributed by atoms with E-state index in [1.165, 1.54) is 11.0 Å². The highest BCUT2D eigenvalue weighted by Gasteiger charge is 2.25. The van der Waals surface area contributed by atoms with E-state index in [2.05, 4.69) is 5.32 Å². The summed E-state index contributed by atoms with van der Waals surface area (Å²) in [4.78, 5) is 38.1. The van der Waals surface area contributed by atoms with Crippen molar-refractivity contribution in [3.05, 3.63) is 34.9 Å². The van der Waals surface area contributed by atoms with Crippen molar-refractivity contribution in [3.8, 4) is 0 Å². The van der Waals surface area contributed by atoms with Gasteiger partial charge in [0.2, 0.25) is 0 Å². The number of carbonyl (C=O) groups is 3. The number of nitrogens with one attached hydrogen (secondary N) is 1. The van der Waals surface area contributed by atoms with Crippen LogP contribution < -0.4 is 5.32 Å². The van der Waals surface area contributed by atoms with Crippen molar-refractivity contribution in [2.24, 2.45) is 0 Å². The van der Waals surface area contributed by atoms with Crippen molar-refractivity contribution in [3.63, 3.8) is 0 Å². The maximum absolute atomic E-state index is 12.3. The van der Waals surface area contributed by atoms with Crippen LogP contribution in [0.5, 0.6) is 0 Å². The van der Waals surface area contributed by atoms with Crippen LogP contribution in [0.2, 0.25) is 0 Å². The van der Waals surface area contributed by atoms with Crippen LogP contribution in [0, 0.1) is 6.92 Å². The third-order valence-electron chi connectivity index (χ3n) is 3.73. The van der Waals surface area contributed by atoms with Crippen LogP contribution in [0.1, 0.15) is 47.1 Å². The van der Waals surface area contributed by atoms with Crippen LogP contribution in [0.25, 0.3) is 0 Å². The smallest absolute Gasteiger partial charge is 0.417 e. The Kier molecular flexibility index (Phi) is 5.79. The highest BCUT2D eigenvalue weighted by Crippen LogP contribution is 2.19. The zero-order valence-corrected chi connectivity index (χ0v) is 15.0. The van der Waals surface area contributed by atoms with E-state index in [1.54, 1.807) is 39.8 Å². The zero-order chi connectivity index (χ0) is 18.6. The molecule has 1 N–H and O–H groups in total. The average Bonchev–Trinajstić information content (AvgIpc) is 2.54. The van der Waals surface area contributed by atoms with E-state index < -0.39 is 23.6 Å². The summed E-state index contributed by atoms with van der Waals surface area (Å²) in [5, 5.41) is 3.12. The predicted molar refractivity (Wildman–Crippen MR) is 91.6 cm³/mol. The number of amides is 1. The zero-order valence-electron chi connectivity index (χ0n) is 15.0. The summed E-state index contributed by atoms with van der Waals surface area (Å²) in [5.74, 6) is -1.29. The number of nitrogens with zero attached hydrogens (tertiary/aromatic N) is 1. The van der Waals surface area contributed by atoms with Gasteiger partial charge >= 0.3 is 18.0 Å². The SMILES string of the molecule is Cc1c(C(=O)OC(=O)N2CCNCC2)cccc1C(=O)OC(C)(C)C. The summed E-state index contributed by atoms with van der Waals surface area (Å²) in [5.41, 5.74) is 0.235. The van der Waals surface area contributed by atoms with E-state index in [0.29, 0.717) is 31.7 Å². The molecule has 1 saturated heterocycles. The number of rotatable bonds is 2. The minimum absolute atomic E-state index is 0.173. The molecular formula is C18H24N2O5. The summed E-state index contributed by atoms with van der Waals surface area (Å²) in [7, 11) is 0. The molecule has 1 amide bonds. The summed E-state index contributed by atoms with van der Waals surface area (Å²) >= 11 is 0. The Morgan fingerprint density at radius 3 is 2.16 bits per heavy atom. The topological polar surface area (TPSA) is 84.9 Å². The molecule has 7 nitrogen and oxygen atoms in total. The first-order valence-electron chi connectivity index (χ1n) is 8.24. The molecule has 136 valence electrons. The molecule has 25 heavy (non-hydrogen) atoms. The number of ether oxygens (including phenoxy) is 2. The summed E-state index contributed by atoms with van der Waals surface area (Å²) in [6.45, 7) is 9.24. The van der Waals surface area contributed by atoms with Gasteiger partial charge in [-0.3, -0.25) is 0 Å². The summed E-state index contributed by atoms with van der Waals surface area (Å²) in [6.07, 6.45) is -0.673. The molecule has 1 aliphatic heterocycles. The number of esters is 2. The van der Waals surface area contributed by atoms with Gasteiger partial charge in [0, 0.05) is 26.2 Å². The first kappa shape index (κ1) is 18.9. The number of hydrogen-bond acceptors (Lipinski definition) is 6. The van der Waals surface area contributed by atoms with Gasteiger partial charge in [0.15, 0.2) is 0 Å². The second-order valence-electron chi connectivity index (χ2n) is 6.87. The van der Waals surface area contributed by atoms with Crippen LogP contribution >= 0.6 is 0 Å². The molecule has 1 fully saturated rings. The highest BCUT2D eigenvalue weighted by molar-refractivity contribution is 6.01. The van der Waals surface area contributed by atoms with Crippen molar-refractivity contribution in [1.82, 2.24) is 10.2 Å². The molecule has 0 atom stereocenters. The second kappa shape index (κ2) is 7.65. The Morgan fingerprint density at radius 2 is 1.60 bits per heavy atom. The molecule has 0 saturated carbocycles. The molecule has 1 heterocycles. The molecule has 0 spiro atoms. The van der Waals surface area contributed by atoms with E-state index in [4.69, 9.17) is 9.47 Å². The minimum Gasteiger partial charge on any atom is -0.456 e. The lowest BCUT2D eigenvalue weighted by atomic mass is 10.0. The molecule has 0 aromatic heterocycles.